The molecule has 7 nitrogen and oxygen atoms in total. The molecule has 4 rings (SSSR count). The van der Waals surface area contributed by atoms with E-state index in [1.807, 2.05) is 31.2 Å². The van der Waals surface area contributed by atoms with Crippen LogP contribution in [0.1, 0.15) is 32.0 Å². The first-order chi connectivity index (χ1) is 14.5. The fraction of sp³-hybridized carbons (Fsp3) is 0.227. The van der Waals surface area contributed by atoms with Crippen molar-refractivity contribution in [1.82, 2.24) is 19.7 Å². The minimum atomic E-state index is -3.87. The maximum Gasteiger partial charge on any atom is 0.262 e. The number of nitrogens with one attached hydrogen (secondary N) is 1. The molecular formula is C22H22ClN5O2S. The minimum absolute atomic E-state index is 0.0761. The molecule has 0 saturated carbocycles. The predicted molar refractivity (Wildman–Crippen MR) is 122 cm³/mol. The number of rotatable bonds is 4. The number of hydrogen-bond donors (Lipinski definition) is 1. The van der Waals surface area contributed by atoms with Gasteiger partial charge in [0.15, 0.2) is 5.82 Å². The molecule has 0 bridgehead atoms. The fourth-order valence-electron chi connectivity index (χ4n) is 3.20. The Labute approximate surface area is 186 Å². The molecule has 4 aromatic rings. The second kappa shape index (κ2) is 7.62. The summed E-state index contributed by atoms with van der Waals surface area (Å²) in [4.78, 5) is 8.92. The summed E-state index contributed by atoms with van der Waals surface area (Å²) in [6.45, 7) is 8.11. The lowest BCUT2D eigenvalue weighted by molar-refractivity contribution is 0.587. The second-order valence-corrected chi connectivity index (χ2v) is 10.4. The Morgan fingerprint density at radius 3 is 2.42 bits per heavy atom. The maximum atomic E-state index is 13.1. The number of hydrogen-bond acceptors (Lipinski definition) is 5. The van der Waals surface area contributed by atoms with Gasteiger partial charge in [-0.1, -0.05) is 44.5 Å². The van der Waals surface area contributed by atoms with Crippen molar-refractivity contribution in [1.29, 1.82) is 0 Å². The van der Waals surface area contributed by atoms with Gasteiger partial charge in [0.1, 0.15) is 5.52 Å². The molecular weight excluding hydrogens is 434 g/mol. The van der Waals surface area contributed by atoms with Crippen LogP contribution in [0.25, 0.3) is 16.9 Å². The number of benzene rings is 1. The summed E-state index contributed by atoms with van der Waals surface area (Å²) in [7, 11) is -3.87. The van der Waals surface area contributed by atoms with Crippen LogP contribution in [0, 0.1) is 6.92 Å². The van der Waals surface area contributed by atoms with Gasteiger partial charge in [0.25, 0.3) is 10.0 Å². The Hall–Kier alpha value is -2.97. The summed E-state index contributed by atoms with van der Waals surface area (Å²) in [6.07, 6.45) is 3.06. The average molecular weight is 456 g/mol. The van der Waals surface area contributed by atoms with Crippen LogP contribution in [-0.2, 0) is 15.4 Å². The van der Waals surface area contributed by atoms with Crippen molar-refractivity contribution in [3.8, 4) is 5.82 Å². The Bertz CT molecular complexity index is 1370. The minimum Gasteiger partial charge on any atom is -0.276 e. The zero-order chi connectivity index (χ0) is 22.4. The fourth-order valence-corrected chi connectivity index (χ4v) is 4.41. The van der Waals surface area contributed by atoms with Crippen molar-refractivity contribution in [2.45, 2.75) is 38.0 Å². The highest BCUT2D eigenvalue weighted by molar-refractivity contribution is 7.92. The SMILES string of the molecule is Cc1ccc2c(cnn2-c2ncc(Cl)cc2NS(=O)(=O)c2ccc(C(C)(C)C)cc2)n1. The van der Waals surface area contributed by atoms with Gasteiger partial charge in [-0.25, -0.2) is 23.1 Å². The standard InChI is InChI=1S/C22H22ClN5O2S/c1-14-5-10-20-19(26-14)13-25-28(20)21-18(11-16(23)12-24-21)27-31(29,30)17-8-6-15(7-9-17)22(2,3)4/h5-13,27H,1-4H3. The van der Waals surface area contributed by atoms with Gasteiger partial charge >= 0.3 is 0 Å². The van der Waals surface area contributed by atoms with Gasteiger partial charge in [0.05, 0.1) is 27.3 Å². The van der Waals surface area contributed by atoms with E-state index in [0.29, 0.717) is 21.9 Å². The van der Waals surface area contributed by atoms with Gasteiger partial charge in [-0.15, -0.1) is 0 Å². The number of sulfonamides is 1. The zero-order valence-corrected chi connectivity index (χ0v) is 19.2. The lowest BCUT2D eigenvalue weighted by Gasteiger charge is -2.19. The molecule has 0 aliphatic rings. The van der Waals surface area contributed by atoms with E-state index in [1.165, 1.54) is 12.3 Å². The van der Waals surface area contributed by atoms with E-state index in [-0.39, 0.29) is 16.0 Å². The Morgan fingerprint density at radius 1 is 1.03 bits per heavy atom. The molecule has 160 valence electrons. The second-order valence-electron chi connectivity index (χ2n) is 8.32. The molecule has 31 heavy (non-hydrogen) atoms. The summed E-state index contributed by atoms with van der Waals surface area (Å²) >= 11 is 6.12. The van der Waals surface area contributed by atoms with Crippen molar-refractivity contribution in [2.24, 2.45) is 0 Å². The number of nitrogens with zero attached hydrogens (tertiary/aromatic N) is 4. The largest absolute Gasteiger partial charge is 0.276 e. The molecule has 3 heterocycles. The van der Waals surface area contributed by atoms with Crippen LogP contribution in [0.15, 0.2) is 59.8 Å². The van der Waals surface area contributed by atoms with Crippen molar-refractivity contribution in [3.63, 3.8) is 0 Å². The van der Waals surface area contributed by atoms with Crippen LogP contribution < -0.4 is 4.72 Å². The highest BCUT2D eigenvalue weighted by Crippen LogP contribution is 2.28. The lowest BCUT2D eigenvalue weighted by atomic mass is 9.87. The van der Waals surface area contributed by atoms with Crippen molar-refractivity contribution < 1.29 is 8.42 Å². The van der Waals surface area contributed by atoms with Crippen molar-refractivity contribution in [2.75, 3.05) is 4.72 Å². The number of anilines is 1. The Balaban J connectivity index is 1.76. The molecule has 1 N–H and O–H groups in total. The van der Waals surface area contributed by atoms with Gasteiger partial charge < -0.3 is 0 Å². The first-order valence-electron chi connectivity index (χ1n) is 9.65. The number of halogens is 1. The average Bonchev–Trinajstić information content (AvgIpc) is 3.10. The third kappa shape index (κ3) is 4.26. The summed E-state index contributed by atoms with van der Waals surface area (Å²) in [5.74, 6) is 0.305. The van der Waals surface area contributed by atoms with Crippen molar-refractivity contribution >= 4 is 38.3 Å². The lowest BCUT2D eigenvalue weighted by Crippen LogP contribution is -2.17. The van der Waals surface area contributed by atoms with Gasteiger partial charge in [0, 0.05) is 11.9 Å². The molecule has 0 aliphatic carbocycles. The molecule has 9 heteroatoms. The highest BCUT2D eigenvalue weighted by atomic mass is 35.5. The summed E-state index contributed by atoms with van der Waals surface area (Å²) in [6, 6.07) is 12.1. The third-order valence-corrected chi connectivity index (χ3v) is 6.46. The van der Waals surface area contributed by atoms with E-state index in [2.05, 4.69) is 40.6 Å². The topological polar surface area (TPSA) is 89.8 Å². The van der Waals surface area contributed by atoms with Crippen LogP contribution >= 0.6 is 11.6 Å². The van der Waals surface area contributed by atoms with Gasteiger partial charge in [0.2, 0.25) is 0 Å². The van der Waals surface area contributed by atoms with E-state index >= 15 is 0 Å². The highest BCUT2D eigenvalue weighted by Gasteiger charge is 2.21. The maximum absolute atomic E-state index is 13.1. The number of fused-ring (bicyclic) bond motifs is 1. The molecule has 0 radical (unpaired) electrons. The van der Waals surface area contributed by atoms with Gasteiger partial charge in [-0.05, 0) is 48.2 Å². The predicted octanol–water partition coefficient (Wildman–Crippen LogP) is 4.88. The van der Waals surface area contributed by atoms with Crippen molar-refractivity contribution in [3.05, 3.63) is 71.1 Å². The molecule has 3 aromatic heterocycles. The number of pyridine rings is 2. The van der Waals surface area contributed by atoms with E-state index in [9.17, 15) is 8.42 Å². The molecule has 0 spiro atoms. The molecule has 0 atom stereocenters. The smallest absolute Gasteiger partial charge is 0.262 e. The molecule has 0 aliphatic heterocycles. The third-order valence-electron chi connectivity index (χ3n) is 4.87. The molecule has 0 fully saturated rings. The van der Waals surface area contributed by atoms with Crippen LogP contribution in [0.5, 0.6) is 0 Å². The van der Waals surface area contributed by atoms with Gasteiger partial charge in [-0.3, -0.25) is 4.72 Å². The molecule has 0 saturated heterocycles. The molecule has 1 aromatic carbocycles. The quantitative estimate of drug-likeness (QED) is 0.473. The van der Waals surface area contributed by atoms with E-state index in [1.54, 1.807) is 23.0 Å². The van der Waals surface area contributed by atoms with E-state index < -0.39 is 10.0 Å². The molecule has 0 amide bonds. The van der Waals surface area contributed by atoms with Gasteiger partial charge in [-0.2, -0.15) is 5.10 Å². The summed E-state index contributed by atoms with van der Waals surface area (Å²) < 4.78 is 30.3. The first kappa shape index (κ1) is 21.3. The Kier molecular flexibility index (Phi) is 5.23. The van der Waals surface area contributed by atoms with Crippen LogP contribution in [0.3, 0.4) is 0 Å². The van der Waals surface area contributed by atoms with Crippen LogP contribution in [0.4, 0.5) is 5.69 Å². The van der Waals surface area contributed by atoms with Crippen LogP contribution in [0.2, 0.25) is 5.02 Å². The summed E-state index contributed by atoms with van der Waals surface area (Å²) in [5, 5.41) is 4.65. The first-order valence-corrected chi connectivity index (χ1v) is 11.5. The number of aryl methyl sites for hydroxylation is 1. The normalized spacial score (nSPS) is 12.3. The van der Waals surface area contributed by atoms with E-state index in [4.69, 9.17) is 11.6 Å². The van der Waals surface area contributed by atoms with E-state index in [0.717, 1.165) is 11.3 Å². The zero-order valence-electron chi connectivity index (χ0n) is 17.6. The number of aromatic nitrogens is 4. The van der Waals surface area contributed by atoms with Crippen LogP contribution in [-0.4, -0.2) is 28.2 Å². The Morgan fingerprint density at radius 2 is 1.74 bits per heavy atom. The monoisotopic (exact) mass is 455 g/mol. The molecule has 0 unspecified atom stereocenters. The summed E-state index contributed by atoms with van der Waals surface area (Å²) in [5.41, 5.74) is 3.43.